The van der Waals surface area contributed by atoms with Crippen LogP contribution < -0.4 is 10.6 Å². The molecule has 2 aromatic rings. The molecule has 0 spiro atoms. The predicted molar refractivity (Wildman–Crippen MR) is 113 cm³/mol. The Morgan fingerprint density at radius 2 is 2.09 bits per heavy atom. The number of fused-ring (bicyclic) bond motifs is 1. The number of ether oxygens (including phenoxy) is 1. The number of halogens is 1. The van der Waals surface area contributed by atoms with Crippen molar-refractivity contribution in [1.29, 1.82) is 0 Å². The lowest BCUT2D eigenvalue weighted by Crippen LogP contribution is -2.42. The minimum Gasteiger partial charge on any atom is -0.386 e. The normalized spacial score (nSPS) is 29.1. The van der Waals surface area contributed by atoms with E-state index in [0.29, 0.717) is 5.82 Å². The summed E-state index contributed by atoms with van der Waals surface area (Å²) in [5.74, 6) is 2.10. The van der Waals surface area contributed by atoms with Crippen LogP contribution in [0.1, 0.15) is 19.1 Å². The Hall–Kier alpha value is -2.18. The van der Waals surface area contributed by atoms with Gasteiger partial charge in [-0.05, 0) is 12.8 Å². The fourth-order valence-electron chi connectivity index (χ4n) is 3.61. The molecule has 1 aliphatic heterocycles. The lowest BCUT2D eigenvalue weighted by molar-refractivity contribution is -0.0496. The van der Waals surface area contributed by atoms with Gasteiger partial charge in [-0.15, -0.1) is 6.42 Å². The van der Waals surface area contributed by atoms with E-state index in [4.69, 9.17) is 26.7 Å². The molecule has 1 unspecified atom stereocenters. The third kappa shape index (κ3) is 4.67. The van der Waals surface area contributed by atoms with Crippen LogP contribution in [0.25, 0.3) is 11.2 Å². The van der Waals surface area contributed by atoms with Gasteiger partial charge in [0.2, 0.25) is 11.6 Å². The molecule has 1 saturated carbocycles. The number of terminal acetylenes is 1. The average Bonchev–Trinajstić information content (AvgIpc) is 3.45. The highest BCUT2D eigenvalue weighted by Gasteiger charge is 2.58. The highest BCUT2D eigenvalue weighted by molar-refractivity contribution is 7.60. The van der Waals surface area contributed by atoms with Crippen molar-refractivity contribution < 1.29 is 46.9 Å². The van der Waals surface area contributed by atoms with Gasteiger partial charge in [0.15, 0.2) is 23.2 Å². The zero-order chi connectivity index (χ0) is 25.1. The van der Waals surface area contributed by atoms with Crippen LogP contribution in [0.3, 0.4) is 0 Å². The van der Waals surface area contributed by atoms with Gasteiger partial charge in [0, 0.05) is 13.1 Å². The standard InChI is InChI=1S/C16H21FN6O9P2/c1-3-16(17)11(24)9(6-30-34(28,29)32-33(25,26)27)31-14(16)23-7-19-10-12(22(2)8-4-5-8)20-15(18)21-13(10)23/h1,7-9,11,14,24H,4-6H2,2H3,(H,28,29)(H2,18,20,21)(H2,25,26,27)/t9-,11-,14-,16-/m1/s1. The summed E-state index contributed by atoms with van der Waals surface area (Å²) in [5, 5.41) is 10.5. The lowest BCUT2D eigenvalue weighted by atomic mass is 9.97. The molecule has 18 heteroatoms. The van der Waals surface area contributed by atoms with E-state index in [1.165, 1.54) is 6.33 Å². The SMILES string of the molecule is C#C[C@@]1(F)[C@H](O)[C@@H](COP(=O)(O)OP(=O)(O)O)O[C@H]1n1cnc2c(N(C)C3CC3)nc(N)nc21. The number of hydrogen-bond acceptors (Lipinski definition) is 11. The van der Waals surface area contributed by atoms with E-state index < -0.39 is 46.4 Å². The molecule has 0 aromatic carbocycles. The quantitative estimate of drug-likeness (QED) is 0.225. The van der Waals surface area contributed by atoms with Crippen LogP contribution in [-0.2, 0) is 22.7 Å². The van der Waals surface area contributed by atoms with Gasteiger partial charge in [0.25, 0.3) is 0 Å². The van der Waals surface area contributed by atoms with E-state index in [1.54, 1.807) is 7.05 Å². The number of phosphoric acid groups is 2. The van der Waals surface area contributed by atoms with Crippen LogP contribution >= 0.6 is 15.6 Å². The molecule has 0 bridgehead atoms. The molecule has 0 amide bonds. The third-order valence-corrected chi connectivity index (χ3v) is 7.53. The second kappa shape index (κ2) is 8.49. The number of imidazole rings is 1. The summed E-state index contributed by atoms with van der Waals surface area (Å²) in [5.41, 5.74) is 3.29. The third-order valence-electron chi connectivity index (χ3n) is 5.38. The van der Waals surface area contributed by atoms with Crippen molar-refractivity contribution in [3.63, 3.8) is 0 Å². The number of hydrogen-bond donors (Lipinski definition) is 5. The molecule has 0 radical (unpaired) electrons. The number of nitrogen functional groups attached to an aromatic ring is 1. The zero-order valence-electron chi connectivity index (χ0n) is 17.5. The number of phosphoric ester groups is 1. The van der Waals surface area contributed by atoms with Crippen molar-refractivity contribution >= 4 is 38.6 Å². The van der Waals surface area contributed by atoms with Crippen molar-refractivity contribution in [3.05, 3.63) is 6.33 Å². The molecule has 4 rings (SSSR count). The fourth-order valence-corrected chi connectivity index (χ4v) is 5.21. The van der Waals surface area contributed by atoms with Crippen LogP contribution in [0.15, 0.2) is 6.33 Å². The molecule has 2 fully saturated rings. The first-order valence-electron chi connectivity index (χ1n) is 9.73. The number of nitrogens with two attached hydrogens (primary N) is 1. The summed E-state index contributed by atoms with van der Waals surface area (Å²) in [4.78, 5) is 41.2. The Labute approximate surface area is 191 Å². The van der Waals surface area contributed by atoms with E-state index in [9.17, 15) is 19.1 Å². The highest BCUT2D eigenvalue weighted by Crippen LogP contribution is 2.58. The molecule has 2 aliphatic rings. The van der Waals surface area contributed by atoms with Gasteiger partial charge in [-0.2, -0.15) is 14.3 Å². The minimum absolute atomic E-state index is 0.0590. The first-order chi connectivity index (χ1) is 15.8. The molecule has 1 aliphatic carbocycles. The number of aliphatic hydroxyl groups is 1. The van der Waals surface area contributed by atoms with Crippen LogP contribution in [-0.4, -0.2) is 76.9 Å². The summed E-state index contributed by atoms with van der Waals surface area (Å²) in [6.45, 7) is -1.00. The van der Waals surface area contributed by atoms with E-state index in [2.05, 4.69) is 23.8 Å². The predicted octanol–water partition coefficient (Wildman–Crippen LogP) is -0.167. The Bertz CT molecular complexity index is 1250. The van der Waals surface area contributed by atoms with Crippen molar-refractivity contribution in [2.45, 2.75) is 43.0 Å². The molecule has 2 aromatic heterocycles. The summed E-state index contributed by atoms with van der Waals surface area (Å²) in [6.07, 6.45) is 2.97. The van der Waals surface area contributed by atoms with Crippen LogP contribution in [0.4, 0.5) is 16.2 Å². The maximum absolute atomic E-state index is 15.7. The second-order valence-electron chi connectivity index (χ2n) is 7.79. The molecular weight excluding hydrogens is 501 g/mol. The summed E-state index contributed by atoms with van der Waals surface area (Å²) >= 11 is 0. The van der Waals surface area contributed by atoms with Gasteiger partial charge < -0.3 is 35.2 Å². The van der Waals surface area contributed by atoms with Crippen molar-refractivity contribution in [2.24, 2.45) is 0 Å². The molecule has 6 N–H and O–H groups in total. The zero-order valence-corrected chi connectivity index (χ0v) is 19.3. The van der Waals surface area contributed by atoms with E-state index in [0.717, 1.165) is 17.4 Å². The van der Waals surface area contributed by atoms with Gasteiger partial charge in [0.05, 0.1) is 12.9 Å². The number of alkyl halides is 1. The highest BCUT2D eigenvalue weighted by atomic mass is 31.3. The summed E-state index contributed by atoms with van der Waals surface area (Å²) in [6, 6.07) is 0.240. The van der Waals surface area contributed by atoms with Crippen molar-refractivity contribution in [1.82, 2.24) is 19.5 Å². The average molecular weight is 522 g/mol. The number of nitrogens with zero attached hydrogens (tertiary/aromatic N) is 5. The van der Waals surface area contributed by atoms with Crippen molar-refractivity contribution in [2.75, 3.05) is 24.3 Å². The van der Waals surface area contributed by atoms with Gasteiger partial charge >= 0.3 is 15.6 Å². The van der Waals surface area contributed by atoms with Gasteiger partial charge in [0.1, 0.15) is 12.2 Å². The minimum atomic E-state index is -5.38. The largest absolute Gasteiger partial charge is 0.481 e. The molecule has 1 saturated heterocycles. The maximum Gasteiger partial charge on any atom is 0.481 e. The van der Waals surface area contributed by atoms with Crippen LogP contribution in [0.2, 0.25) is 0 Å². The number of rotatable bonds is 8. The first-order valence-corrected chi connectivity index (χ1v) is 12.8. The number of aliphatic hydroxyl groups excluding tert-OH is 1. The number of anilines is 2. The van der Waals surface area contributed by atoms with Crippen molar-refractivity contribution in [3.8, 4) is 12.3 Å². The maximum atomic E-state index is 15.7. The molecular formula is C16H21FN6O9P2. The van der Waals surface area contributed by atoms with Crippen LogP contribution in [0, 0.1) is 12.3 Å². The Morgan fingerprint density at radius 1 is 1.41 bits per heavy atom. The van der Waals surface area contributed by atoms with Gasteiger partial charge in [-0.25, -0.2) is 18.5 Å². The van der Waals surface area contributed by atoms with Crippen LogP contribution in [0.5, 0.6) is 0 Å². The monoisotopic (exact) mass is 522 g/mol. The Morgan fingerprint density at radius 3 is 2.68 bits per heavy atom. The Balaban J connectivity index is 1.64. The molecule has 15 nitrogen and oxygen atoms in total. The molecule has 34 heavy (non-hydrogen) atoms. The molecule has 5 atom stereocenters. The fraction of sp³-hybridized carbons (Fsp3) is 0.562. The second-order valence-corrected chi connectivity index (χ2v) is 10.6. The first kappa shape index (κ1) is 24.9. The smallest absolute Gasteiger partial charge is 0.386 e. The van der Waals surface area contributed by atoms with E-state index in [-0.39, 0.29) is 23.2 Å². The van der Waals surface area contributed by atoms with E-state index >= 15 is 4.39 Å². The Kier molecular flexibility index (Phi) is 6.22. The summed E-state index contributed by atoms with van der Waals surface area (Å²) < 4.78 is 53.0. The molecule has 3 heterocycles. The van der Waals surface area contributed by atoms with Gasteiger partial charge in [-0.3, -0.25) is 9.09 Å². The van der Waals surface area contributed by atoms with Gasteiger partial charge in [-0.1, -0.05) is 5.92 Å². The summed E-state index contributed by atoms with van der Waals surface area (Å²) in [7, 11) is -8.86. The lowest BCUT2D eigenvalue weighted by Gasteiger charge is -2.24. The molecule has 186 valence electrons. The topological polar surface area (TPSA) is 216 Å². The van der Waals surface area contributed by atoms with E-state index in [1.807, 2.05) is 10.8 Å². The number of aromatic nitrogens is 4.